The van der Waals surface area contributed by atoms with Crippen LogP contribution in [-0.4, -0.2) is 14.6 Å². The van der Waals surface area contributed by atoms with Crippen molar-refractivity contribution < 1.29 is 12.6 Å². The smallest absolute Gasteiger partial charge is 0.339 e. The Kier molecular flexibility index (Phi) is 6.60. The van der Waals surface area contributed by atoms with Crippen molar-refractivity contribution in [3.63, 3.8) is 0 Å². The number of rotatable bonds is 5. The maximum atomic E-state index is 12.5. The third-order valence-electron chi connectivity index (χ3n) is 3.71. The number of halogens is 3. The molecule has 0 saturated carbocycles. The molecule has 0 saturated heterocycles. The summed E-state index contributed by atoms with van der Waals surface area (Å²) in [6.45, 7) is 2.01. The van der Waals surface area contributed by atoms with Gasteiger partial charge in [-0.3, -0.25) is 4.99 Å². The molecule has 0 unspecified atom stereocenters. The van der Waals surface area contributed by atoms with Crippen molar-refractivity contribution in [1.82, 2.24) is 0 Å². The van der Waals surface area contributed by atoms with Gasteiger partial charge in [0.05, 0.1) is 14.6 Å². The zero-order valence-corrected chi connectivity index (χ0v) is 19.3. The zero-order chi connectivity index (χ0) is 20.3. The van der Waals surface area contributed by atoms with Gasteiger partial charge in [0.2, 0.25) is 0 Å². The molecule has 3 aromatic carbocycles. The van der Waals surface area contributed by atoms with Crippen molar-refractivity contribution >= 4 is 65.5 Å². The van der Waals surface area contributed by atoms with Gasteiger partial charge in [-0.05, 0) is 92.9 Å². The summed E-state index contributed by atoms with van der Waals surface area (Å²) in [5.41, 5.74) is 2.76. The molecule has 0 atom stereocenters. The summed E-state index contributed by atoms with van der Waals surface area (Å²) in [4.78, 5) is 4.44. The van der Waals surface area contributed by atoms with E-state index in [1.165, 1.54) is 24.3 Å². The van der Waals surface area contributed by atoms with Crippen molar-refractivity contribution in [3.05, 3.63) is 85.8 Å². The molecule has 0 heterocycles. The van der Waals surface area contributed by atoms with E-state index in [9.17, 15) is 8.42 Å². The highest BCUT2D eigenvalue weighted by atomic mass is 79.9. The Morgan fingerprint density at radius 3 is 2.11 bits per heavy atom. The molecule has 144 valence electrons. The molecular formula is C20H14Br2ClNO3S. The van der Waals surface area contributed by atoms with Gasteiger partial charge in [0.15, 0.2) is 5.75 Å². The molecule has 0 bridgehead atoms. The third-order valence-corrected chi connectivity index (χ3v) is 6.38. The second-order valence-corrected chi connectivity index (χ2v) is 9.59. The number of aliphatic imine (C=N–C) groups is 1. The molecule has 0 radical (unpaired) electrons. The normalized spacial score (nSPS) is 11.7. The minimum atomic E-state index is -4.00. The second kappa shape index (κ2) is 8.78. The van der Waals surface area contributed by atoms with E-state index in [0.717, 1.165) is 16.8 Å². The predicted octanol–water partition coefficient (Wildman–Crippen LogP) is 6.69. The van der Waals surface area contributed by atoms with Crippen LogP contribution in [0.4, 0.5) is 5.69 Å². The molecule has 0 N–H and O–H groups in total. The van der Waals surface area contributed by atoms with E-state index in [0.29, 0.717) is 14.0 Å². The monoisotopic (exact) mass is 541 g/mol. The molecule has 0 amide bonds. The Labute approximate surface area is 185 Å². The summed E-state index contributed by atoms with van der Waals surface area (Å²) < 4.78 is 31.3. The van der Waals surface area contributed by atoms with Gasteiger partial charge in [0, 0.05) is 11.2 Å². The fourth-order valence-corrected chi connectivity index (χ4v) is 4.96. The first-order chi connectivity index (χ1) is 13.2. The topological polar surface area (TPSA) is 55.7 Å². The van der Waals surface area contributed by atoms with E-state index in [-0.39, 0.29) is 10.6 Å². The first-order valence-corrected chi connectivity index (χ1v) is 11.4. The van der Waals surface area contributed by atoms with Crippen LogP contribution in [0, 0.1) is 6.92 Å². The lowest BCUT2D eigenvalue weighted by Gasteiger charge is -2.11. The SMILES string of the molecule is Cc1ccc(N=Cc2cc(Br)c(OS(=O)(=O)c3ccc(Cl)cc3)c(Br)c2)cc1. The highest BCUT2D eigenvalue weighted by molar-refractivity contribution is 9.11. The number of nitrogens with zero attached hydrogens (tertiary/aromatic N) is 1. The van der Waals surface area contributed by atoms with Crippen molar-refractivity contribution in [3.8, 4) is 5.75 Å². The van der Waals surface area contributed by atoms with Crippen LogP contribution in [0.2, 0.25) is 5.02 Å². The van der Waals surface area contributed by atoms with Crippen LogP contribution in [0.1, 0.15) is 11.1 Å². The van der Waals surface area contributed by atoms with Crippen LogP contribution in [0.3, 0.4) is 0 Å². The van der Waals surface area contributed by atoms with Crippen LogP contribution < -0.4 is 4.18 Å². The molecule has 3 aromatic rings. The average Bonchev–Trinajstić information content (AvgIpc) is 2.65. The summed E-state index contributed by atoms with van der Waals surface area (Å²) >= 11 is 12.5. The highest BCUT2D eigenvalue weighted by Gasteiger charge is 2.20. The van der Waals surface area contributed by atoms with E-state index < -0.39 is 10.1 Å². The molecule has 0 aromatic heterocycles. The van der Waals surface area contributed by atoms with Crippen LogP contribution in [0.25, 0.3) is 0 Å². The van der Waals surface area contributed by atoms with Gasteiger partial charge in [-0.2, -0.15) is 8.42 Å². The van der Waals surface area contributed by atoms with Gasteiger partial charge in [-0.25, -0.2) is 0 Å². The van der Waals surface area contributed by atoms with Crippen molar-refractivity contribution in [2.24, 2.45) is 4.99 Å². The van der Waals surface area contributed by atoms with E-state index in [2.05, 4.69) is 36.9 Å². The van der Waals surface area contributed by atoms with Gasteiger partial charge in [0.25, 0.3) is 0 Å². The molecule has 0 aliphatic carbocycles. The highest BCUT2D eigenvalue weighted by Crippen LogP contribution is 2.36. The van der Waals surface area contributed by atoms with Crippen LogP contribution in [-0.2, 0) is 10.1 Å². The van der Waals surface area contributed by atoms with Gasteiger partial charge in [0.1, 0.15) is 4.90 Å². The molecule has 4 nitrogen and oxygen atoms in total. The van der Waals surface area contributed by atoms with Gasteiger partial charge >= 0.3 is 10.1 Å². The van der Waals surface area contributed by atoms with Crippen molar-refractivity contribution in [1.29, 1.82) is 0 Å². The fourth-order valence-electron chi connectivity index (χ4n) is 2.27. The van der Waals surface area contributed by atoms with Crippen LogP contribution >= 0.6 is 43.5 Å². The summed E-state index contributed by atoms with van der Waals surface area (Å²) in [7, 11) is -4.00. The predicted molar refractivity (Wildman–Crippen MR) is 120 cm³/mol. The van der Waals surface area contributed by atoms with E-state index >= 15 is 0 Å². The maximum absolute atomic E-state index is 12.5. The minimum Gasteiger partial charge on any atom is -0.377 e. The van der Waals surface area contributed by atoms with E-state index in [4.69, 9.17) is 15.8 Å². The maximum Gasteiger partial charge on any atom is 0.339 e. The summed E-state index contributed by atoms with van der Waals surface area (Å²) in [6.07, 6.45) is 1.69. The molecular weight excluding hydrogens is 530 g/mol. The minimum absolute atomic E-state index is 0.0145. The number of hydrogen-bond donors (Lipinski definition) is 0. The van der Waals surface area contributed by atoms with Crippen molar-refractivity contribution in [2.45, 2.75) is 11.8 Å². The number of aryl methyl sites for hydroxylation is 1. The molecule has 0 aliphatic heterocycles. The first-order valence-electron chi connectivity index (χ1n) is 8.04. The van der Waals surface area contributed by atoms with Crippen LogP contribution in [0.5, 0.6) is 5.75 Å². The Balaban J connectivity index is 1.85. The summed E-state index contributed by atoms with van der Waals surface area (Å²) in [5.74, 6) is 0.155. The fraction of sp³-hybridized carbons (Fsp3) is 0.0500. The molecule has 8 heteroatoms. The Hall–Kier alpha value is -1.67. The Morgan fingerprint density at radius 1 is 0.964 bits per heavy atom. The lowest BCUT2D eigenvalue weighted by Crippen LogP contribution is -2.10. The molecule has 28 heavy (non-hydrogen) atoms. The number of benzene rings is 3. The van der Waals surface area contributed by atoms with Gasteiger partial charge in [-0.15, -0.1) is 0 Å². The standard InChI is InChI=1S/C20H14Br2ClNO3S/c1-13-2-6-16(7-3-13)24-12-14-10-18(21)20(19(22)11-14)27-28(25,26)17-8-4-15(23)5-9-17/h2-12H,1H3. The zero-order valence-electron chi connectivity index (χ0n) is 14.6. The van der Waals surface area contributed by atoms with Crippen molar-refractivity contribution in [2.75, 3.05) is 0 Å². The Bertz CT molecular complexity index is 1110. The lowest BCUT2D eigenvalue weighted by atomic mass is 10.2. The van der Waals surface area contributed by atoms with E-state index in [1.54, 1.807) is 18.3 Å². The molecule has 0 spiro atoms. The van der Waals surface area contributed by atoms with Gasteiger partial charge < -0.3 is 4.18 Å². The third kappa shape index (κ3) is 5.23. The lowest BCUT2D eigenvalue weighted by molar-refractivity contribution is 0.483. The number of hydrogen-bond acceptors (Lipinski definition) is 4. The second-order valence-electron chi connectivity index (χ2n) is 5.90. The largest absolute Gasteiger partial charge is 0.377 e. The van der Waals surface area contributed by atoms with Gasteiger partial charge in [-0.1, -0.05) is 29.3 Å². The molecule has 0 fully saturated rings. The first kappa shape index (κ1) is 21.0. The molecule has 3 rings (SSSR count). The summed E-state index contributed by atoms with van der Waals surface area (Å²) in [6, 6.07) is 17.0. The van der Waals surface area contributed by atoms with Crippen LogP contribution in [0.15, 0.2) is 79.5 Å². The molecule has 0 aliphatic rings. The average molecular weight is 544 g/mol. The summed E-state index contributed by atoms with van der Waals surface area (Å²) in [5, 5.41) is 0.443. The quantitative estimate of drug-likeness (QED) is 0.266. The van der Waals surface area contributed by atoms with E-state index in [1.807, 2.05) is 31.2 Å². The Morgan fingerprint density at radius 2 is 1.54 bits per heavy atom.